The van der Waals surface area contributed by atoms with E-state index in [1.807, 2.05) is 11.7 Å². The molecule has 1 aromatic rings. The van der Waals surface area contributed by atoms with Crippen molar-refractivity contribution >= 4 is 0 Å². The lowest BCUT2D eigenvalue weighted by atomic mass is 9.89. The van der Waals surface area contributed by atoms with Crippen LogP contribution in [0.4, 0.5) is 0 Å². The zero-order valence-corrected chi connectivity index (χ0v) is 13.1. The van der Waals surface area contributed by atoms with Crippen LogP contribution in [0, 0.1) is 0 Å². The standard InChI is InChI=1S/C15H29N3O/c1-6-9-19-10-7-8-16-11-13-12-18(5)17-14(13)15(2,3)4/h12,16H,6-11H2,1-5H3. The van der Waals surface area contributed by atoms with Crippen LogP contribution in [0.15, 0.2) is 6.20 Å². The third kappa shape index (κ3) is 5.74. The molecule has 1 heterocycles. The van der Waals surface area contributed by atoms with Crippen molar-refractivity contribution in [1.29, 1.82) is 0 Å². The topological polar surface area (TPSA) is 39.1 Å². The molecule has 0 radical (unpaired) electrons. The summed E-state index contributed by atoms with van der Waals surface area (Å²) in [6, 6.07) is 0. The summed E-state index contributed by atoms with van der Waals surface area (Å²) in [5.74, 6) is 0. The summed E-state index contributed by atoms with van der Waals surface area (Å²) < 4.78 is 7.37. The highest BCUT2D eigenvalue weighted by Gasteiger charge is 2.21. The molecule has 4 nitrogen and oxygen atoms in total. The largest absolute Gasteiger partial charge is 0.381 e. The van der Waals surface area contributed by atoms with E-state index in [4.69, 9.17) is 4.74 Å². The van der Waals surface area contributed by atoms with E-state index in [1.54, 1.807) is 0 Å². The summed E-state index contributed by atoms with van der Waals surface area (Å²) in [6.45, 7) is 12.3. The fourth-order valence-corrected chi connectivity index (χ4v) is 2.07. The van der Waals surface area contributed by atoms with E-state index in [9.17, 15) is 0 Å². The lowest BCUT2D eigenvalue weighted by Crippen LogP contribution is -2.20. The number of aryl methyl sites for hydroxylation is 1. The molecule has 4 heteroatoms. The number of nitrogens with zero attached hydrogens (tertiary/aromatic N) is 2. The Bertz CT molecular complexity index is 366. The minimum atomic E-state index is 0.0997. The van der Waals surface area contributed by atoms with E-state index in [2.05, 4.69) is 44.3 Å². The van der Waals surface area contributed by atoms with Crippen molar-refractivity contribution in [3.63, 3.8) is 0 Å². The SMILES string of the molecule is CCCOCCCNCc1cn(C)nc1C(C)(C)C. The van der Waals surface area contributed by atoms with Crippen molar-refractivity contribution in [3.8, 4) is 0 Å². The van der Waals surface area contributed by atoms with Crippen molar-refractivity contribution in [2.24, 2.45) is 7.05 Å². The molecule has 1 aromatic heterocycles. The van der Waals surface area contributed by atoms with E-state index in [0.29, 0.717) is 0 Å². The second-order valence-corrected chi connectivity index (χ2v) is 6.07. The predicted octanol–water partition coefficient (Wildman–Crippen LogP) is 2.62. The van der Waals surface area contributed by atoms with Gasteiger partial charge in [-0.25, -0.2) is 0 Å². The lowest BCUT2D eigenvalue weighted by Gasteiger charge is -2.17. The van der Waals surface area contributed by atoms with Gasteiger partial charge in [-0.15, -0.1) is 0 Å². The molecule has 110 valence electrons. The van der Waals surface area contributed by atoms with Gasteiger partial charge in [0.25, 0.3) is 0 Å². The molecular formula is C15H29N3O. The predicted molar refractivity (Wildman–Crippen MR) is 79.3 cm³/mol. The Morgan fingerprint density at radius 2 is 2.05 bits per heavy atom. The van der Waals surface area contributed by atoms with Crippen molar-refractivity contribution in [2.75, 3.05) is 19.8 Å². The Labute approximate surface area is 117 Å². The Balaban J connectivity index is 2.33. The Hall–Kier alpha value is -0.870. The van der Waals surface area contributed by atoms with Crippen LogP contribution >= 0.6 is 0 Å². The maximum atomic E-state index is 5.46. The number of hydrogen-bond donors (Lipinski definition) is 1. The highest BCUT2D eigenvalue weighted by molar-refractivity contribution is 5.23. The van der Waals surface area contributed by atoms with Crippen LogP contribution in [-0.4, -0.2) is 29.5 Å². The highest BCUT2D eigenvalue weighted by Crippen LogP contribution is 2.23. The molecule has 0 bridgehead atoms. The summed E-state index contributed by atoms with van der Waals surface area (Å²) in [5, 5.41) is 8.04. The van der Waals surface area contributed by atoms with Crippen LogP contribution < -0.4 is 5.32 Å². The first-order valence-electron chi connectivity index (χ1n) is 7.26. The number of rotatable bonds is 8. The van der Waals surface area contributed by atoms with Crippen LogP contribution in [0.5, 0.6) is 0 Å². The van der Waals surface area contributed by atoms with Crippen LogP contribution in [0.3, 0.4) is 0 Å². The molecule has 0 fully saturated rings. The van der Waals surface area contributed by atoms with Gasteiger partial charge in [0.2, 0.25) is 0 Å². The molecule has 19 heavy (non-hydrogen) atoms. The van der Waals surface area contributed by atoms with Gasteiger partial charge >= 0.3 is 0 Å². The minimum Gasteiger partial charge on any atom is -0.381 e. The van der Waals surface area contributed by atoms with Gasteiger partial charge in [-0.2, -0.15) is 5.10 Å². The van der Waals surface area contributed by atoms with Crippen molar-refractivity contribution in [3.05, 3.63) is 17.5 Å². The average molecular weight is 267 g/mol. The maximum absolute atomic E-state index is 5.46. The summed E-state index contributed by atoms with van der Waals surface area (Å²) in [6.07, 6.45) is 4.27. The minimum absolute atomic E-state index is 0.0997. The van der Waals surface area contributed by atoms with Gasteiger partial charge in [0.15, 0.2) is 0 Å². The van der Waals surface area contributed by atoms with Gasteiger partial charge in [0.1, 0.15) is 0 Å². The van der Waals surface area contributed by atoms with Crippen LogP contribution in [0.2, 0.25) is 0 Å². The van der Waals surface area contributed by atoms with E-state index < -0.39 is 0 Å². The molecule has 0 saturated carbocycles. The van der Waals surface area contributed by atoms with Gasteiger partial charge in [-0.05, 0) is 19.4 Å². The van der Waals surface area contributed by atoms with Crippen molar-refractivity contribution in [1.82, 2.24) is 15.1 Å². The Kier molecular flexibility index (Phi) is 6.52. The fraction of sp³-hybridized carbons (Fsp3) is 0.800. The number of hydrogen-bond acceptors (Lipinski definition) is 3. The molecule has 0 atom stereocenters. The smallest absolute Gasteiger partial charge is 0.0722 e. The first kappa shape index (κ1) is 16.2. The zero-order valence-electron chi connectivity index (χ0n) is 13.1. The molecule has 1 N–H and O–H groups in total. The molecule has 0 aliphatic rings. The molecule has 0 aliphatic heterocycles. The van der Waals surface area contributed by atoms with Gasteiger partial charge in [-0.3, -0.25) is 4.68 Å². The molecule has 1 rings (SSSR count). The van der Waals surface area contributed by atoms with Gasteiger partial charge in [-0.1, -0.05) is 27.7 Å². The second kappa shape index (κ2) is 7.65. The molecular weight excluding hydrogens is 238 g/mol. The third-order valence-corrected chi connectivity index (χ3v) is 2.92. The van der Waals surface area contributed by atoms with Crippen LogP contribution in [-0.2, 0) is 23.7 Å². The maximum Gasteiger partial charge on any atom is 0.0722 e. The number of aromatic nitrogens is 2. The molecule has 0 unspecified atom stereocenters. The van der Waals surface area contributed by atoms with E-state index in [-0.39, 0.29) is 5.41 Å². The van der Waals surface area contributed by atoms with E-state index >= 15 is 0 Å². The monoisotopic (exact) mass is 267 g/mol. The van der Waals surface area contributed by atoms with Crippen LogP contribution in [0.25, 0.3) is 0 Å². The van der Waals surface area contributed by atoms with E-state index in [0.717, 1.165) is 39.1 Å². The van der Waals surface area contributed by atoms with Crippen molar-refractivity contribution < 1.29 is 4.74 Å². The average Bonchev–Trinajstić information content (AvgIpc) is 2.69. The molecule has 0 spiro atoms. The zero-order chi connectivity index (χ0) is 14.3. The fourth-order valence-electron chi connectivity index (χ4n) is 2.07. The molecule has 0 aliphatic carbocycles. The van der Waals surface area contributed by atoms with Gasteiger partial charge in [0.05, 0.1) is 5.69 Å². The van der Waals surface area contributed by atoms with Gasteiger partial charge in [0, 0.05) is 44.0 Å². The normalized spacial score (nSPS) is 12.1. The number of ether oxygens (including phenoxy) is 1. The summed E-state index contributed by atoms with van der Waals surface area (Å²) in [5.41, 5.74) is 2.58. The van der Waals surface area contributed by atoms with Gasteiger partial charge < -0.3 is 10.1 Å². The summed E-state index contributed by atoms with van der Waals surface area (Å²) in [4.78, 5) is 0. The van der Waals surface area contributed by atoms with Crippen molar-refractivity contribution in [2.45, 2.75) is 52.5 Å². The number of nitrogens with one attached hydrogen (secondary N) is 1. The summed E-state index contributed by atoms with van der Waals surface area (Å²) in [7, 11) is 1.98. The molecule has 0 saturated heterocycles. The Morgan fingerprint density at radius 1 is 1.32 bits per heavy atom. The van der Waals surface area contributed by atoms with Crippen LogP contribution in [0.1, 0.15) is 51.8 Å². The summed E-state index contributed by atoms with van der Waals surface area (Å²) >= 11 is 0. The molecule has 0 amide bonds. The first-order chi connectivity index (χ1) is 8.95. The molecule has 0 aromatic carbocycles. The Morgan fingerprint density at radius 3 is 2.68 bits per heavy atom. The second-order valence-electron chi connectivity index (χ2n) is 6.07. The first-order valence-corrected chi connectivity index (χ1v) is 7.26. The third-order valence-electron chi connectivity index (χ3n) is 2.92. The highest BCUT2D eigenvalue weighted by atomic mass is 16.5. The van der Waals surface area contributed by atoms with E-state index in [1.165, 1.54) is 11.3 Å². The lowest BCUT2D eigenvalue weighted by molar-refractivity contribution is 0.132. The quantitative estimate of drug-likeness (QED) is 0.736.